The van der Waals surface area contributed by atoms with Gasteiger partial charge in [0.15, 0.2) is 0 Å². The van der Waals surface area contributed by atoms with Gasteiger partial charge in [0.2, 0.25) is 0 Å². The topological polar surface area (TPSA) is 41.6 Å². The first-order valence-electron chi connectivity index (χ1n) is 8.14. The van der Waals surface area contributed by atoms with Crippen LogP contribution in [0.3, 0.4) is 0 Å². The molecule has 0 saturated heterocycles. The number of fused-ring (bicyclic) bond motifs is 1. The molecule has 0 bridgehead atoms. The maximum absolute atomic E-state index is 4.51. The Morgan fingerprint density at radius 3 is 2.58 bits per heavy atom. The lowest BCUT2D eigenvalue weighted by Crippen LogP contribution is -1.93. The Bertz CT molecular complexity index is 986. The van der Waals surface area contributed by atoms with Crippen molar-refractivity contribution in [1.29, 1.82) is 0 Å². The fraction of sp³-hybridized carbons (Fsp3) is 0.143. The van der Waals surface area contributed by atoms with Gasteiger partial charge in [-0.15, -0.1) is 0 Å². The van der Waals surface area contributed by atoms with Crippen molar-refractivity contribution in [3.8, 4) is 11.3 Å². The molecule has 0 aliphatic rings. The van der Waals surface area contributed by atoms with Gasteiger partial charge in [0.25, 0.3) is 0 Å². The first-order chi connectivity index (χ1) is 11.7. The number of hydrogen-bond donors (Lipinski definition) is 1. The van der Waals surface area contributed by atoms with Crippen molar-refractivity contribution in [1.82, 2.24) is 15.0 Å². The van der Waals surface area contributed by atoms with E-state index in [4.69, 9.17) is 0 Å². The molecule has 0 aliphatic heterocycles. The summed E-state index contributed by atoms with van der Waals surface area (Å²) in [5.74, 6) is 0. The molecule has 0 spiro atoms. The van der Waals surface area contributed by atoms with Crippen LogP contribution in [0.25, 0.3) is 22.2 Å². The first-order valence-corrected chi connectivity index (χ1v) is 8.14. The van der Waals surface area contributed by atoms with Gasteiger partial charge in [0, 0.05) is 47.2 Å². The van der Waals surface area contributed by atoms with Crippen LogP contribution in [0, 0.1) is 13.8 Å². The van der Waals surface area contributed by atoms with E-state index in [1.807, 2.05) is 30.6 Å². The van der Waals surface area contributed by atoms with E-state index in [0.717, 1.165) is 23.4 Å². The molecule has 0 radical (unpaired) electrons. The molecule has 0 fully saturated rings. The third kappa shape index (κ3) is 2.58. The van der Waals surface area contributed by atoms with E-state index in [2.05, 4.69) is 53.1 Å². The van der Waals surface area contributed by atoms with Gasteiger partial charge >= 0.3 is 0 Å². The molecular formula is C21H19N3. The van der Waals surface area contributed by atoms with Crippen molar-refractivity contribution in [2.75, 3.05) is 0 Å². The van der Waals surface area contributed by atoms with Gasteiger partial charge in [0.1, 0.15) is 0 Å². The Morgan fingerprint density at radius 2 is 1.83 bits per heavy atom. The Kier molecular flexibility index (Phi) is 3.62. The molecule has 4 aromatic rings. The fourth-order valence-corrected chi connectivity index (χ4v) is 3.14. The van der Waals surface area contributed by atoms with Crippen molar-refractivity contribution < 1.29 is 0 Å². The van der Waals surface area contributed by atoms with Crippen LogP contribution in [0.4, 0.5) is 0 Å². The van der Waals surface area contributed by atoms with E-state index in [0.29, 0.717) is 0 Å². The van der Waals surface area contributed by atoms with Crippen LogP contribution >= 0.6 is 0 Å². The zero-order chi connectivity index (χ0) is 16.5. The van der Waals surface area contributed by atoms with Crippen molar-refractivity contribution in [2.24, 2.45) is 0 Å². The molecule has 0 aliphatic carbocycles. The number of hydrogen-bond acceptors (Lipinski definition) is 2. The molecule has 1 N–H and O–H groups in total. The minimum atomic E-state index is 0.799. The van der Waals surface area contributed by atoms with Crippen LogP contribution in [0.1, 0.15) is 22.4 Å². The van der Waals surface area contributed by atoms with Crippen molar-refractivity contribution >= 4 is 10.9 Å². The standard InChI is InChI=1S/C21H19N3/c1-14-10-18-19(12-17-7-3-4-9-23-17)21(16-6-5-8-22-13-16)24-20(18)11-15(14)2/h3-11,13,24H,12H2,1-2H3. The van der Waals surface area contributed by atoms with Crippen molar-refractivity contribution in [3.05, 3.63) is 83.4 Å². The zero-order valence-electron chi connectivity index (χ0n) is 13.9. The molecule has 3 nitrogen and oxygen atoms in total. The molecule has 0 unspecified atom stereocenters. The Balaban J connectivity index is 1.95. The normalized spacial score (nSPS) is 11.1. The lowest BCUT2D eigenvalue weighted by Gasteiger charge is -2.06. The van der Waals surface area contributed by atoms with E-state index in [-0.39, 0.29) is 0 Å². The number of H-pyrrole nitrogens is 1. The number of aromatic amines is 1. The van der Waals surface area contributed by atoms with Crippen molar-refractivity contribution in [3.63, 3.8) is 0 Å². The minimum Gasteiger partial charge on any atom is -0.354 e. The zero-order valence-corrected chi connectivity index (χ0v) is 13.9. The van der Waals surface area contributed by atoms with E-state index in [1.54, 1.807) is 6.20 Å². The number of nitrogens with zero attached hydrogens (tertiary/aromatic N) is 2. The van der Waals surface area contributed by atoms with E-state index in [1.165, 1.54) is 27.6 Å². The van der Waals surface area contributed by atoms with Gasteiger partial charge in [-0.25, -0.2) is 0 Å². The molecule has 118 valence electrons. The molecule has 24 heavy (non-hydrogen) atoms. The third-order valence-corrected chi connectivity index (χ3v) is 4.55. The molecule has 3 heteroatoms. The molecule has 3 heterocycles. The summed E-state index contributed by atoms with van der Waals surface area (Å²) in [6.07, 6.45) is 6.36. The maximum Gasteiger partial charge on any atom is 0.0516 e. The lowest BCUT2D eigenvalue weighted by atomic mass is 9.99. The molecule has 3 aromatic heterocycles. The first kappa shape index (κ1) is 14.6. The highest BCUT2D eigenvalue weighted by atomic mass is 14.7. The maximum atomic E-state index is 4.51. The van der Waals surface area contributed by atoms with Crippen LogP contribution in [-0.4, -0.2) is 15.0 Å². The van der Waals surface area contributed by atoms with Crippen LogP contribution in [-0.2, 0) is 6.42 Å². The summed E-state index contributed by atoms with van der Waals surface area (Å²) in [7, 11) is 0. The summed E-state index contributed by atoms with van der Waals surface area (Å²) < 4.78 is 0. The summed E-state index contributed by atoms with van der Waals surface area (Å²) in [4.78, 5) is 12.4. The third-order valence-electron chi connectivity index (χ3n) is 4.55. The second kappa shape index (κ2) is 5.93. The molecule has 0 saturated carbocycles. The quantitative estimate of drug-likeness (QED) is 0.588. The molecule has 0 amide bonds. The number of nitrogens with one attached hydrogen (secondary N) is 1. The summed E-state index contributed by atoms with van der Waals surface area (Å²) >= 11 is 0. The summed E-state index contributed by atoms with van der Waals surface area (Å²) in [5.41, 5.74) is 8.36. The Hall–Kier alpha value is -2.94. The predicted molar refractivity (Wildman–Crippen MR) is 98.0 cm³/mol. The largest absolute Gasteiger partial charge is 0.354 e. The average Bonchev–Trinajstić information content (AvgIpc) is 2.95. The number of aryl methyl sites for hydroxylation is 2. The molecule has 4 rings (SSSR count). The van der Waals surface area contributed by atoms with Crippen molar-refractivity contribution in [2.45, 2.75) is 20.3 Å². The van der Waals surface area contributed by atoms with Crippen LogP contribution < -0.4 is 0 Å². The van der Waals surface area contributed by atoms with Gasteiger partial charge in [-0.1, -0.05) is 6.07 Å². The van der Waals surface area contributed by atoms with E-state index in [9.17, 15) is 0 Å². The number of pyridine rings is 2. The monoisotopic (exact) mass is 313 g/mol. The van der Waals surface area contributed by atoms with Gasteiger partial charge in [0.05, 0.1) is 5.69 Å². The van der Waals surface area contributed by atoms with Gasteiger partial charge in [-0.3, -0.25) is 9.97 Å². The predicted octanol–water partition coefficient (Wildman–Crippen LogP) is 4.83. The van der Waals surface area contributed by atoms with Gasteiger partial charge < -0.3 is 4.98 Å². The van der Waals surface area contributed by atoms with Crippen LogP contribution in [0.15, 0.2) is 61.1 Å². The molecule has 1 aromatic carbocycles. The highest BCUT2D eigenvalue weighted by molar-refractivity contribution is 5.92. The SMILES string of the molecule is Cc1cc2[nH]c(-c3cccnc3)c(Cc3ccccn3)c2cc1C. The second-order valence-corrected chi connectivity index (χ2v) is 6.20. The minimum absolute atomic E-state index is 0.799. The average molecular weight is 313 g/mol. The second-order valence-electron chi connectivity index (χ2n) is 6.20. The van der Waals surface area contributed by atoms with Gasteiger partial charge in [-0.05, 0) is 66.9 Å². The number of rotatable bonds is 3. The summed E-state index contributed by atoms with van der Waals surface area (Å²) in [6.45, 7) is 4.31. The summed E-state index contributed by atoms with van der Waals surface area (Å²) in [5, 5.41) is 1.27. The summed E-state index contributed by atoms with van der Waals surface area (Å²) in [6, 6.07) is 14.6. The molecule has 0 atom stereocenters. The smallest absolute Gasteiger partial charge is 0.0516 e. The lowest BCUT2D eigenvalue weighted by molar-refractivity contribution is 1.08. The van der Waals surface area contributed by atoms with E-state index >= 15 is 0 Å². The van der Waals surface area contributed by atoms with Crippen LogP contribution in [0.5, 0.6) is 0 Å². The van der Waals surface area contributed by atoms with Gasteiger partial charge in [-0.2, -0.15) is 0 Å². The Morgan fingerprint density at radius 1 is 0.958 bits per heavy atom. The number of benzene rings is 1. The highest BCUT2D eigenvalue weighted by Crippen LogP contribution is 2.33. The highest BCUT2D eigenvalue weighted by Gasteiger charge is 2.15. The fourth-order valence-electron chi connectivity index (χ4n) is 3.14. The Labute approximate surface area is 141 Å². The number of aromatic nitrogens is 3. The van der Waals surface area contributed by atoms with Crippen LogP contribution in [0.2, 0.25) is 0 Å². The molecular weight excluding hydrogens is 294 g/mol. The van der Waals surface area contributed by atoms with E-state index < -0.39 is 0 Å².